The summed E-state index contributed by atoms with van der Waals surface area (Å²) in [5.41, 5.74) is 5.38. The fraction of sp³-hybridized carbons (Fsp3) is 0.304. The van der Waals surface area contributed by atoms with Gasteiger partial charge in [-0.3, -0.25) is 0 Å². The second-order valence-corrected chi connectivity index (χ2v) is 9.47. The average Bonchev–Trinajstić information content (AvgIpc) is 2.58. The third-order valence-corrected chi connectivity index (χ3v) is 6.08. The summed E-state index contributed by atoms with van der Waals surface area (Å²) in [6.45, 7) is 13.2. The molecule has 132 valence electrons. The van der Waals surface area contributed by atoms with Crippen LogP contribution >= 0.6 is 27.7 Å². The lowest BCUT2D eigenvalue weighted by molar-refractivity contribution is 0.590. The van der Waals surface area contributed by atoms with Crippen molar-refractivity contribution in [2.45, 2.75) is 47.0 Å². The van der Waals surface area contributed by atoms with E-state index in [0.29, 0.717) is 0 Å². The first kappa shape index (κ1) is 20.1. The Kier molecular flexibility index (Phi) is 6.76. The summed E-state index contributed by atoms with van der Waals surface area (Å²) in [6, 6.07) is 17.6. The second kappa shape index (κ2) is 8.42. The van der Waals surface area contributed by atoms with Crippen LogP contribution < -0.4 is 0 Å². The van der Waals surface area contributed by atoms with Gasteiger partial charge in [0.25, 0.3) is 0 Å². The Labute approximate surface area is 165 Å². The van der Waals surface area contributed by atoms with Gasteiger partial charge in [0.05, 0.1) is 0 Å². The molecule has 0 heterocycles. The van der Waals surface area contributed by atoms with Crippen LogP contribution in [0, 0.1) is 0 Å². The summed E-state index contributed by atoms with van der Waals surface area (Å²) >= 11 is 5.44. The van der Waals surface area contributed by atoms with Crippen molar-refractivity contribution in [1.82, 2.24) is 0 Å². The van der Waals surface area contributed by atoms with E-state index >= 15 is 0 Å². The zero-order chi connectivity index (χ0) is 18.6. The highest BCUT2D eigenvalue weighted by Gasteiger charge is 2.14. The quantitative estimate of drug-likeness (QED) is 0.453. The van der Waals surface area contributed by atoms with E-state index in [2.05, 4.69) is 112 Å². The maximum absolute atomic E-state index is 3.60. The first-order chi connectivity index (χ1) is 11.7. The van der Waals surface area contributed by atoms with Crippen molar-refractivity contribution in [3.8, 4) is 0 Å². The smallest absolute Gasteiger partial charge is 0.0226 e. The summed E-state index contributed by atoms with van der Waals surface area (Å²) in [6.07, 6.45) is 2.17. The molecule has 2 heteroatoms. The molecule has 0 atom stereocenters. The molecule has 0 aromatic heterocycles. The predicted molar refractivity (Wildman–Crippen MR) is 119 cm³/mol. The van der Waals surface area contributed by atoms with Crippen LogP contribution in [0.1, 0.15) is 58.2 Å². The monoisotopic (exact) mass is 414 g/mol. The van der Waals surface area contributed by atoms with Gasteiger partial charge in [-0.1, -0.05) is 90.9 Å². The fourth-order valence-corrected chi connectivity index (χ4v) is 3.91. The Morgan fingerprint density at radius 3 is 2.12 bits per heavy atom. The van der Waals surface area contributed by atoms with Crippen LogP contribution in [0.5, 0.6) is 0 Å². The molecule has 0 N–H and O–H groups in total. The molecule has 0 radical (unpaired) electrons. The van der Waals surface area contributed by atoms with Crippen molar-refractivity contribution in [2.24, 2.45) is 0 Å². The number of allylic oxidation sites excluding steroid dienone is 3. The van der Waals surface area contributed by atoms with Crippen molar-refractivity contribution < 1.29 is 0 Å². The van der Waals surface area contributed by atoms with Gasteiger partial charge >= 0.3 is 0 Å². The van der Waals surface area contributed by atoms with Gasteiger partial charge in [0.2, 0.25) is 0 Å². The SMILES string of the molecule is C/C=C(/C)S/C(=C(\C)c1ccc(C(C)(C)C)cc1)c1cccc(Br)c1. The molecule has 0 aliphatic rings. The highest BCUT2D eigenvalue weighted by Crippen LogP contribution is 2.40. The zero-order valence-corrected chi connectivity index (χ0v) is 18.4. The Hall–Kier alpha value is -1.25. The highest BCUT2D eigenvalue weighted by molar-refractivity contribution is 9.10. The Morgan fingerprint density at radius 1 is 0.960 bits per heavy atom. The van der Waals surface area contributed by atoms with Gasteiger partial charge in [-0.25, -0.2) is 0 Å². The molecule has 0 saturated heterocycles. The number of rotatable bonds is 4. The van der Waals surface area contributed by atoms with Crippen molar-refractivity contribution in [2.75, 3.05) is 0 Å². The first-order valence-corrected chi connectivity index (χ1v) is 10.2. The molecule has 2 rings (SSSR count). The van der Waals surface area contributed by atoms with E-state index in [1.165, 1.54) is 32.1 Å². The molecule has 0 aliphatic carbocycles. The molecular weight excluding hydrogens is 388 g/mol. The number of benzene rings is 2. The van der Waals surface area contributed by atoms with E-state index in [4.69, 9.17) is 0 Å². The molecule has 2 aromatic rings. The molecule has 0 nitrogen and oxygen atoms in total. The van der Waals surface area contributed by atoms with E-state index in [9.17, 15) is 0 Å². The number of thioether (sulfide) groups is 1. The van der Waals surface area contributed by atoms with Crippen LogP contribution in [0.25, 0.3) is 10.5 Å². The topological polar surface area (TPSA) is 0 Å². The van der Waals surface area contributed by atoms with Crippen LogP contribution in [0.15, 0.2) is 64.0 Å². The number of halogens is 1. The molecule has 2 aromatic carbocycles. The van der Waals surface area contributed by atoms with E-state index in [0.717, 1.165) is 4.47 Å². The summed E-state index contributed by atoms with van der Waals surface area (Å²) < 4.78 is 1.11. The van der Waals surface area contributed by atoms with E-state index in [-0.39, 0.29) is 5.41 Å². The summed E-state index contributed by atoms with van der Waals surface area (Å²) in [5.74, 6) is 0. The zero-order valence-electron chi connectivity index (χ0n) is 16.0. The van der Waals surface area contributed by atoms with Gasteiger partial charge in [-0.2, -0.15) is 0 Å². The first-order valence-electron chi connectivity index (χ1n) is 8.61. The molecular formula is C23H27BrS. The molecule has 0 bridgehead atoms. The molecule has 0 aliphatic heterocycles. The molecule has 0 fully saturated rings. The summed E-state index contributed by atoms with van der Waals surface area (Å²) in [7, 11) is 0. The third kappa shape index (κ3) is 5.36. The Bertz CT molecular complexity index is 790. The second-order valence-electron chi connectivity index (χ2n) is 7.29. The number of hydrogen-bond acceptors (Lipinski definition) is 1. The molecule has 25 heavy (non-hydrogen) atoms. The maximum Gasteiger partial charge on any atom is 0.0226 e. The van der Waals surface area contributed by atoms with Gasteiger partial charge in [-0.05, 0) is 65.5 Å². The van der Waals surface area contributed by atoms with E-state index in [1.54, 1.807) is 0 Å². The van der Waals surface area contributed by atoms with Gasteiger partial charge in [0, 0.05) is 9.38 Å². The minimum absolute atomic E-state index is 0.180. The van der Waals surface area contributed by atoms with Crippen molar-refractivity contribution in [3.63, 3.8) is 0 Å². The molecule has 0 spiro atoms. The third-order valence-electron chi connectivity index (χ3n) is 4.28. The van der Waals surface area contributed by atoms with Gasteiger partial charge in [-0.15, -0.1) is 0 Å². The maximum atomic E-state index is 3.60. The lowest BCUT2D eigenvalue weighted by Crippen LogP contribution is -2.10. The van der Waals surface area contributed by atoms with Crippen LogP contribution in [0.4, 0.5) is 0 Å². The van der Waals surface area contributed by atoms with Crippen LogP contribution in [-0.2, 0) is 5.41 Å². The summed E-state index contributed by atoms with van der Waals surface area (Å²) in [5, 5.41) is 0. The van der Waals surface area contributed by atoms with Gasteiger partial charge in [0.1, 0.15) is 0 Å². The van der Waals surface area contributed by atoms with Crippen molar-refractivity contribution >= 4 is 38.2 Å². The van der Waals surface area contributed by atoms with E-state index in [1.807, 2.05) is 11.8 Å². The van der Waals surface area contributed by atoms with Crippen LogP contribution in [0.2, 0.25) is 0 Å². The molecule has 0 saturated carbocycles. The predicted octanol–water partition coefficient (Wildman–Crippen LogP) is 8.29. The normalized spacial score (nSPS) is 13.6. The van der Waals surface area contributed by atoms with Crippen LogP contribution in [0.3, 0.4) is 0 Å². The fourth-order valence-electron chi connectivity index (χ4n) is 2.55. The lowest BCUT2D eigenvalue weighted by atomic mass is 9.86. The van der Waals surface area contributed by atoms with Crippen LogP contribution in [-0.4, -0.2) is 0 Å². The Balaban J connectivity index is 2.53. The van der Waals surface area contributed by atoms with Crippen molar-refractivity contribution in [3.05, 3.63) is 80.7 Å². The largest absolute Gasteiger partial charge is 0.0943 e. The highest BCUT2D eigenvalue weighted by atomic mass is 79.9. The van der Waals surface area contributed by atoms with Crippen molar-refractivity contribution in [1.29, 1.82) is 0 Å². The summed E-state index contributed by atoms with van der Waals surface area (Å²) in [4.78, 5) is 2.61. The average molecular weight is 415 g/mol. The minimum Gasteiger partial charge on any atom is -0.0943 e. The number of hydrogen-bond donors (Lipinski definition) is 0. The molecule has 0 amide bonds. The molecule has 0 unspecified atom stereocenters. The lowest BCUT2D eigenvalue weighted by Gasteiger charge is -2.20. The minimum atomic E-state index is 0.180. The standard InChI is InChI=1S/C23H27BrS/c1-7-16(2)25-22(19-9-8-10-21(24)15-19)17(3)18-11-13-20(14-12-18)23(4,5)6/h7-15H,1-6H3/b16-7-,22-17+. The van der Waals surface area contributed by atoms with Gasteiger partial charge in [0.15, 0.2) is 0 Å². The Morgan fingerprint density at radius 2 is 1.60 bits per heavy atom. The van der Waals surface area contributed by atoms with E-state index < -0.39 is 0 Å². The van der Waals surface area contributed by atoms with Gasteiger partial charge < -0.3 is 0 Å².